The van der Waals surface area contributed by atoms with Gasteiger partial charge in [0, 0.05) is 32.7 Å². The first-order chi connectivity index (χ1) is 19.8. The smallest absolute Gasteiger partial charge is 0.143 e. The van der Waals surface area contributed by atoms with Crippen molar-refractivity contribution in [1.29, 1.82) is 5.26 Å². The number of rotatable bonds is 3. The van der Waals surface area contributed by atoms with Gasteiger partial charge in [0.25, 0.3) is 0 Å². The van der Waals surface area contributed by atoms with Crippen molar-refractivity contribution in [3.8, 4) is 39.4 Å². The van der Waals surface area contributed by atoms with Gasteiger partial charge in [-0.15, -0.1) is 0 Å². The third-order valence-corrected chi connectivity index (χ3v) is 7.73. The van der Waals surface area contributed by atoms with Crippen LogP contribution in [0.2, 0.25) is 0 Å². The van der Waals surface area contributed by atoms with Crippen molar-refractivity contribution in [1.82, 2.24) is 0 Å². The molecule has 0 aliphatic rings. The first-order valence-corrected chi connectivity index (χ1v) is 13.2. The van der Waals surface area contributed by atoms with Crippen molar-refractivity contribution in [2.45, 2.75) is 0 Å². The second-order valence-corrected chi connectivity index (χ2v) is 10.0. The minimum Gasteiger partial charge on any atom is -0.455 e. The number of benzene rings is 6. The first kappa shape index (κ1) is 22.4. The molecule has 0 amide bonds. The molecule has 0 bridgehead atoms. The fourth-order valence-corrected chi connectivity index (χ4v) is 5.88. The standard InChI is InChI=1S/C37H21NO2/c38-22-23-8-5-9-24(20-23)33-21-25(26-12-6-14-31-28-10-1-3-16-34(28)39-36(26)31)18-19-27(33)30-13-7-15-32-29-11-2-4-17-35(29)40-37(30)32/h1-21H. The van der Waals surface area contributed by atoms with Gasteiger partial charge >= 0.3 is 0 Å². The van der Waals surface area contributed by atoms with Crippen LogP contribution in [-0.4, -0.2) is 0 Å². The number of nitriles is 1. The Balaban J connectivity index is 1.41. The van der Waals surface area contributed by atoms with Crippen LogP contribution in [0.15, 0.2) is 136 Å². The van der Waals surface area contributed by atoms with E-state index in [9.17, 15) is 5.26 Å². The summed E-state index contributed by atoms with van der Waals surface area (Å²) >= 11 is 0. The van der Waals surface area contributed by atoms with Gasteiger partial charge in [-0.3, -0.25) is 0 Å². The zero-order chi connectivity index (χ0) is 26.6. The zero-order valence-electron chi connectivity index (χ0n) is 21.4. The molecule has 3 nitrogen and oxygen atoms in total. The van der Waals surface area contributed by atoms with Gasteiger partial charge in [0.2, 0.25) is 0 Å². The Kier molecular flexibility index (Phi) is 4.89. The van der Waals surface area contributed by atoms with Crippen LogP contribution in [0, 0.1) is 11.3 Å². The van der Waals surface area contributed by atoms with E-state index in [4.69, 9.17) is 8.83 Å². The molecule has 0 saturated heterocycles. The van der Waals surface area contributed by atoms with Crippen molar-refractivity contribution in [2.24, 2.45) is 0 Å². The minimum absolute atomic E-state index is 0.621. The lowest BCUT2D eigenvalue weighted by Crippen LogP contribution is -1.89. The molecule has 0 saturated carbocycles. The van der Waals surface area contributed by atoms with E-state index >= 15 is 0 Å². The fraction of sp³-hybridized carbons (Fsp3) is 0. The highest BCUT2D eigenvalue weighted by molar-refractivity contribution is 6.12. The summed E-state index contributed by atoms with van der Waals surface area (Å²) in [6.07, 6.45) is 0. The monoisotopic (exact) mass is 511 g/mol. The number of hydrogen-bond donors (Lipinski definition) is 0. The van der Waals surface area contributed by atoms with Crippen LogP contribution in [-0.2, 0) is 0 Å². The van der Waals surface area contributed by atoms with Gasteiger partial charge in [-0.2, -0.15) is 5.26 Å². The second-order valence-electron chi connectivity index (χ2n) is 10.0. The molecule has 0 fully saturated rings. The van der Waals surface area contributed by atoms with Crippen LogP contribution in [0.4, 0.5) is 0 Å². The summed E-state index contributed by atoms with van der Waals surface area (Å²) in [6.45, 7) is 0. The summed E-state index contributed by atoms with van der Waals surface area (Å²) in [5, 5.41) is 14.0. The summed E-state index contributed by atoms with van der Waals surface area (Å²) in [7, 11) is 0. The Labute approximate surface area is 230 Å². The van der Waals surface area contributed by atoms with Gasteiger partial charge in [-0.25, -0.2) is 0 Å². The van der Waals surface area contributed by atoms with E-state index in [0.717, 1.165) is 77.3 Å². The molecule has 0 aliphatic carbocycles. The fourth-order valence-electron chi connectivity index (χ4n) is 5.88. The Morgan fingerprint density at radius 3 is 1.70 bits per heavy atom. The summed E-state index contributed by atoms with van der Waals surface area (Å²) in [5.74, 6) is 0. The lowest BCUT2D eigenvalue weighted by atomic mass is 9.89. The zero-order valence-corrected chi connectivity index (χ0v) is 21.4. The Morgan fingerprint density at radius 2 is 1.00 bits per heavy atom. The number of fused-ring (bicyclic) bond motifs is 6. The van der Waals surface area contributed by atoms with Crippen LogP contribution in [0.3, 0.4) is 0 Å². The van der Waals surface area contributed by atoms with E-state index in [1.165, 1.54) is 0 Å². The van der Waals surface area contributed by atoms with Crippen LogP contribution < -0.4 is 0 Å². The third kappa shape index (κ3) is 3.37. The number of furan rings is 2. The molecule has 3 heteroatoms. The molecule has 186 valence electrons. The van der Waals surface area contributed by atoms with E-state index in [-0.39, 0.29) is 0 Å². The van der Waals surface area contributed by atoms with Crippen molar-refractivity contribution in [3.05, 3.63) is 133 Å². The molecule has 6 aromatic carbocycles. The quantitative estimate of drug-likeness (QED) is 0.237. The number of para-hydroxylation sites is 4. The van der Waals surface area contributed by atoms with Gasteiger partial charge < -0.3 is 8.83 Å². The highest BCUT2D eigenvalue weighted by Crippen LogP contribution is 2.43. The van der Waals surface area contributed by atoms with Crippen LogP contribution in [0.5, 0.6) is 0 Å². The molecule has 8 rings (SSSR count). The summed E-state index contributed by atoms with van der Waals surface area (Å²) < 4.78 is 12.8. The van der Waals surface area contributed by atoms with Crippen molar-refractivity contribution in [3.63, 3.8) is 0 Å². The van der Waals surface area contributed by atoms with E-state index in [1.54, 1.807) is 0 Å². The van der Waals surface area contributed by atoms with Gasteiger partial charge in [-0.1, -0.05) is 97.1 Å². The second kappa shape index (κ2) is 8.73. The Morgan fingerprint density at radius 1 is 0.425 bits per heavy atom. The number of hydrogen-bond acceptors (Lipinski definition) is 3. The van der Waals surface area contributed by atoms with Crippen molar-refractivity contribution >= 4 is 43.9 Å². The normalized spacial score (nSPS) is 11.5. The molecule has 0 radical (unpaired) electrons. The molecule has 40 heavy (non-hydrogen) atoms. The molecule has 0 N–H and O–H groups in total. The molecular weight excluding hydrogens is 490 g/mol. The lowest BCUT2D eigenvalue weighted by Gasteiger charge is -2.14. The van der Waals surface area contributed by atoms with Gasteiger partial charge in [0.15, 0.2) is 0 Å². The topological polar surface area (TPSA) is 50.1 Å². The van der Waals surface area contributed by atoms with E-state index < -0.39 is 0 Å². The highest BCUT2D eigenvalue weighted by Gasteiger charge is 2.18. The van der Waals surface area contributed by atoms with Crippen molar-refractivity contribution < 1.29 is 8.83 Å². The number of nitrogens with zero attached hydrogens (tertiary/aromatic N) is 1. The maximum absolute atomic E-state index is 9.66. The molecule has 0 unspecified atom stereocenters. The van der Waals surface area contributed by atoms with Crippen LogP contribution in [0.1, 0.15) is 5.56 Å². The Hall–Kier alpha value is -5.59. The van der Waals surface area contributed by atoms with E-state index in [1.807, 2.05) is 54.6 Å². The molecule has 2 aromatic heterocycles. The highest BCUT2D eigenvalue weighted by atomic mass is 16.3. The molecule has 0 spiro atoms. The summed E-state index contributed by atoms with van der Waals surface area (Å²) in [4.78, 5) is 0. The average molecular weight is 512 g/mol. The van der Waals surface area contributed by atoms with Gasteiger partial charge in [0.1, 0.15) is 22.3 Å². The minimum atomic E-state index is 0.621. The predicted octanol–water partition coefficient (Wildman–Crippen LogP) is 10.4. The predicted molar refractivity (Wildman–Crippen MR) is 162 cm³/mol. The van der Waals surface area contributed by atoms with E-state index in [0.29, 0.717) is 5.56 Å². The van der Waals surface area contributed by atoms with Crippen LogP contribution in [0.25, 0.3) is 77.3 Å². The Bertz CT molecular complexity index is 2290. The lowest BCUT2D eigenvalue weighted by molar-refractivity contribution is 0.669. The molecule has 0 aliphatic heterocycles. The summed E-state index contributed by atoms with van der Waals surface area (Å²) in [6, 6.07) is 45.5. The largest absolute Gasteiger partial charge is 0.455 e. The maximum Gasteiger partial charge on any atom is 0.143 e. The molecule has 0 atom stereocenters. The molecular formula is C37H21NO2. The molecule has 2 heterocycles. The van der Waals surface area contributed by atoms with E-state index in [2.05, 4.69) is 78.9 Å². The maximum atomic E-state index is 9.66. The van der Waals surface area contributed by atoms with Gasteiger partial charge in [-0.05, 0) is 52.6 Å². The van der Waals surface area contributed by atoms with Crippen LogP contribution >= 0.6 is 0 Å². The molecule has 8 aromatic rings. The van der Waals surface area contributed by atoms with Crippen molar-refractivity contribution in [2.75, 3.05) is 0 Å². The SMILES string of the molecule is N#Cc1cccc(-c2cc(-c3cccc4c3oc3ccccc34)ccc2-c2cccc3c2oc2ccccc23)c1. The first-order valence-electron chi connectivity index (χ1n) is 13.2. The average Bonchev–Trinajstić information content (AvgIpc) is 3.59. The van der Waals surface area contributed by atoms with Gasteiger partial charge in [0.05, 0.1) is 11.6 Å². The summed E-state index contributed by atoms with van der Waals surface area (Å²) in [5.41, 5.74) is 10.2. The third-order valence-electron chi connectivity index (χ3n) is 7.73.